The van der Waals surface area contributed by atoms with Gasteiger partial charge in [-0.3, -0.25) is 9.69 Å². The molecule has 4 rings (SSSR count). The Hall–Kier alpha value is -2.25. The molecule has 162 valence electrons. The van der Waals surface area contributed by atoms with Crippen LogP contribution in [-0.2, 0) is 11.3 Å². The quantitative estimate of drug-likeness (QED) is 0.674. The molecule has 30 heavy (non-hydrogen) atoms. The highest BCUT2D eigenvalue weighted by atomic mass is 16.5. The summed E-state index contributed by atoms with van der Waals surface area (Å²) in [6.45, 7) is 8.81. The first-order valence-corrected chi connectivity index (χ1v) is 11.3. The Morgan fingerprint density at radius 1 is 1.10 bits per heavy atom. The van der Waals surface area contributed by atoms with Crippen molar-refractivity contribution < 1.29 is 9.32 Å². The predicted octanol–water partition coefficient (Wildman–Crippen LogP) is 2.86. The molecule has 2 fully saturated rings. The first-order valence-electron chi connectivity index (χ1n) is 11.3. The van der Waals surface area contributed by atoms with Gasteiger partial charge in [-0.1, -0.05) is 35.0 Å². The molecule has 0 spiro atoms. The number of piperidine rings is 1. The fraction of sp³-hybridized carbons (Fsp3) is 0.609. The van der Waals surface area contributed by atoms with Gasteiger partial charge in [0.25, 0.3) is 0 Å². The minimum Gasteiger partial charge on any atom is -0.356 e. The lowest BCUT2D eigenvalue weighted by molar-refractivity contribution is -0.126. The third kappa shape index (κ3) is 5.67. The Bertz CT molecular complexity index is 805. The van der Waals surface area contributed by atoms with Crippen LogP contribution in [0.5, 0.6) is 0 Å². The second-order valence-electron chi connectivity index (χ2n) is 8.62. The maximum atomic E-state index is 12.5. The maximum Gasteiger partial charge on any atom is 0.241 e. The molecule has 7 nitrogen and oxygen atoms in total. The Morgan fingerprint density at radius 2 is 1.83 bits per heavy atom. The fourth-order valence-corrected chi connectivity index (χ4v) is 4.35. The standard InChI is InChI=1S/C23H33N5O2/c1-18-5-7-19(8-6-18)22-25-21(30-26-22)17-28-15-9-20(10-16-28)23(29)24-11-4-14-27-12-2-3-13-27/h5-8,20H,2-4,9-17H2,1H3,(H,24,29). The molecule has 0 atom stereocenters. The van der Waals surface area contributed by atoms with Gasteiger partial charge < -0.3 is 14.7 Å². The minimum absolute atomic E-state index is 0.124. The molecule has 3 heterocycles. The molecule has 0 radical (unpaired) electrons. The highest BCUT2D eigenvalue weighted by Crippen LogP contribution is 2.21. The number of aryl methyl sites for hydroxylation is 1. The molecule has 0 aliphatic carbocycles. The number of hydrogen-bond acceptors (Lipinski definition) is 6. The van der Waals surface area contributed by atoms with Crippen LogP contribution < -0.4 is 5.32 Å². The number of carbonyl (C=O) groups excluding carboxylic acids is 1. The van der Waals surface area contributed by atoms with E-state index in [2.05, 4.69) is 32.2 Å². The number of nitrogens with zero attached hydrogens (tertiary/aromatic N) is 4. The second kappa shape index (κ2) is 10.2. The molecule has 0 unspecified atom stereocenters. The smallest absolute Gasteiger partial charge is 0.241 e. The molecule has 0 bridgehead atoms. The second-order valence-corrected chi connectivity index (χ2v) is 8.62. The molecule has 1 aromatic carbocycles. The molecule has 2 aliphatic heterocycles. The Kier molecular flexibility index (Phi) is 7.12. The summed E-state index contributed by atoms with van der Waals surface area (Å²) in [5.41, 5.74) is 2.18. The molecule has 1 N–H and O–H groups in total. The monoisotopic (exact) mass is 411 g/mol. The summed E-state index contributed by atoms with van der Waals surface area (Å²) in [4.78, 5) is 21.8. The van der Waals surface area contributed by atoms with E-state index in [1.165, 1.54) is 31.5 Å². The van der Waals surface area contributed by atoms with Gasteiger partial charge in [0.15, 0.2) is 0 Å². The van der Waals surface area contributed by atoms with Gasteiger partial charge in [-0.2, -0.15) is 4.98 Å². The Labute approximate surface area is 178 Å². The van der Waals surface area contributed by atoms with E-state index in [1.807, 2.05) is 24.3 Å². The van der Waals surface area contributed by atoms with Crippen molar-refractivity contribution in [3.05, 3.63) is 35.7 Å². The minimum atomic E-state index is 0.124. The number of nitrogens with one attached hydrogen (secondary N) is 1. The topological polar surface area (TPSA) is 74.5 Å². The number of amides is 1. The number of likely N-dealkylation sites (tertiary alicyclic amines) is 2. The van der Waals surface area contributed by atoms with Crippen molar-refractivity contribution in [1.29, 1.82) is 0 Å². The highest BCUT2D eigenvalue weighted by molar-refractivity contribution is 5.78. The lowest BCUT2D eigenvalue weighted by atomic mass is 9.96. The SMILES string of the molecule is Cc1ccc(-c2noc(CN3CCC(C(=O)NCCCN4CCCC4)CC3)n2)cc1. The molecular weight excluding hydrogens is 378 g/mol. The van der Waals surface area contributed by atoms with E-state index in [0.29, 0.717) is 18.3 Å². The summed E-state index contributed by atoms with van der Waals surface area (Å²) in [6, 6.07) is 8.12. The third-order valence-corrected chi connectivity index (χ3v) is 6.24. The fourth-order valence-electron chi connectivity index (χ4n) is 4.35. The first kappa shape index (κ1) is 21.0. The van der Waals surface area contributed by atoms with E-state index < -0.39 is 0 Å². The molecule has 7 heteroatoms. The largest absolute Gasteiger partial charge is 0.356 e. The van der Waals surface area contributed by atoms with Crippen molar-refractivity contribution in [2.45, 2.75) is 45.6 Å². The lowest BCUT2D eigenvalue weighted by Crippen LogP contribution is -2.40. The average molecular weight is 412 g/mol. The summed E-state index contributed by atoms with van der Waals surface area (Å²) in [7, 11) is 0. The Morgan fingerprint density at radius 3 is 2.57 bits per heavy atom. The van der Waals surface area contributed by atoms with Crippen LogP contribution in [0.3, 0.4) is 0 Å². The van der Waals surface area contributed by atoms with Crippen LogP contribution in [0.1, 0.15) is 43.6 Å². The van der Waals surface area contributed by atoms with Gasteiger partial charge in [0.05, 0.1) is 6.54 Å². The average Bonchev–Trinajstić information content (AvgIpc) is 3.44. The summed E-state index contributed by atoms with van der Waals surface area (Å²) >= 11 is 0. The van der Waals surface area contributed by atoms with E-state index in [0.717, 1.165) is 51.0 Å². The van der Waals surface area contributed by atoms with Crippen molar-refractivity contribution in [2.24, 2.45) is 5.92 Å². The van der Waals surface area contributed by atoms with Gasteiger partial charge in [-0.15, -0.1) is 0 Å². The van der Waals surface area contributed by atoms with Gasteiger partial charge in [0.2, 0.25) is 17.6 Å². The molecule has 1 amide bonds. The first-order chi connectivity index (χ1) is 14.7. The summed E-state index contributed by atoms with van der Waals surface area (Å²) in [5.74, 6) is 1.61. The predicted molar refractivity (Wildman–Crippen MR) is 116 cm³/mol. The number of hydrogen-bond donors (Lipinski definition) is 1. The van der Waals surface area contributed by atoms with Crippen molar-refractivity contribution in [3.8, 4) is 11.4 Å². The molecular formula is C23H33N5O2. The molecule has 2 aromatic rings. The van der Waals surface area contributed by atoms with Gasteiger partial charge >= 0.3 is 0 Å². The van der Waals surface area contributed by atoms with Crippen LogP contribution in [-0.4, -0.2) is 65.1 Å². The number of benzene rings is 1. The molecule has 1 aromatic heterocycles. The number of aromatic nitrogens is 2. The van der Waals surface area contributed by atoms with Gasteiger partial charge in [0, 0.05) is 18.0 Å². The summed E-state index contributed by atoms with van der Waals surface area (Å²) in [6.07, 6.45) is 5.46. The zero-order valence-electron chi connectivity index (χ0n) is 18.0. The van der Waals surface area contributed by atoms with Crippen LogP contribution in [0.2, 0.25) is 0 Å². The van der Waals surface area contributed by atoms with Crippen molar-refractivity contribution in [2.75, 3.05) is 39.3 Å². The number of carbonyl (C=O) groups is 1. The van der Waals surface area contributed by atoms with E-state index >= 15 is 0 Å². The normalized spacial score (nSPS) is 18.7. The van der Waals surface area contributed by atoms with Crippen LogP contribution in [0.15, 0.2) is 28.8 Å². The lowest BCUT2D eigenvalue weighted by Gasteiger charge is -2.30. The van der Waals surface area contributed by atoms with Gasteiger partial charge in [-0.25, -0.2) is 0 Å². The zero-order chi connectivity index (χ0) is 20.8. The van der Waals surface area contributed by atoms with Gasteiger partial charge in [-0.05, 0) is 71.8 Å². The molecule has 0 saturated carbocycles. The van der Waals surface area contributed by atoms with Crippen molar-refractivity contribution in [3.63, 3.8) is 0 Å². The van der Waals surface area contributed by atoms with Crippen LogP contribution in [0, 0.1) is 12.8 Å². The van der Waals surface area contributed by atoms with E-state index in [4.69, 9.17) is 4.52 Å². The summed E-state index contributed by atoms with van der Waals surface area (Å²) in [5, 5.41) is 7.26. The highest BCUT2D eigenvalue weighted by Gasteiger charge is 2.26. The van der Waals surface area contributed by atoms with Crippen molar-refractivity contribution >= 4 is 5.91 Å². The zero-order valence-corrected chi connectivity index (χ0v) is 18.0. The molecule has 2 saturated heterocycles. The Balaban J connectivity index is 1.16. The van der Waals surface area contributed by atoms with E-state index in [-0.39, 0.29) is 11.8 Å². The van der Waals surface area contributed by atoms with Crippen LogP contribution in [0.4, 0.5) is 0 Å². The molecule has 2 aliphatic rings. The van der Waals surface area contributed by atoms with Crippen LogP contribution >= 0.6 is 0 Å². The van der Waals surface area contributed by atoms with Gasteiger partial charge in [0.1, 0.15) is 0 Å². The third-order valence-electron chi connectivity index (χ3n) is 6.24. The van der Waals surface area contributed by atoms with Crippen molar-refractivity contribution in [1.82, 2.24) is 25.3 Å². The summed E-state index contributed by atoms with van der Waals surface area (Å²) < 4.78 is 5.45. The van der Waals surface area contributed by atoms with Crippen LogP contribution in [0.25, 0.3) is 11.4 Å². The van der Waals surface area contributed by atoms with E-state index in [9.17, 15) is 4.79 Å². The maximum absolute atomic E-state index is 12.5. The number of rotatable bonds is 8. The van der Waals surface area contributed by atoms with E-state index in [1.54, 1.807) is 0 Å².